The minimum Gasteiger partial charge on any atom is -0.377 e. The summed E-state index contributed by atoms with van der Waals surface area (Å²) in [5, 5.41) is 2.86. The second-order valence-corrected chi connectivity index (χ2v) is 9.28. The quantitative estimate of drug-likeness (QED) is 0.823. The number of ether oxygens (including phenoxy) is 1. The van der Waals surface area contributed by atoms with Gasteiger partial charge in [0.2, 0.25) is 5.91 Å². The molecule has 160 valence electrons. The second-order valence-electron chi connectivity index (χ2n) is 9.28. The molecule has 3 rings (SSSR count). The lowest BCUT2D eigenvalue weighted by Crippen LogP contribution is -2.55. The van der Waals surface area contributed by atoms with Crippen LogP contribution >= 0.6 is 0 Å². The van der Waals surface area contributed by atoms with E-state index in [1.165, 1.54) is 5.56 Å². The lowest BCUT2D eigenvalue weighted by Gasteiger charge is -2.36. The Morgan fingerprint density at radius 1 is 1.14 bits per heavy atom. The molecule has 2 fully saturated rings. The van der Waals surface area contributed by atoms with Crippen LogP contribution in [-0.4, -0.2) is 73.1 Å². The van der Waals surface area contributed by atoms with E-state index < -0.39 is 6.04 Å². The van der Waals surface area contributed by atoms with Crippen molar-refractivity contribution in [2.24, 2.45) is 0 Å². The first kappa shape index (κ1) is 21.8. The Labute approximate surface area is 174 Å². The van der Waals surface area contributed by atoms with Gasteiger partial charge in [0, 0.05) is 44.9 Å². The average molecular weight is 402 g/mol. The molecule has 2 aliphatic heterocycles. The first-order valence-corrected chi connectivity index (χ1v) is 10.8. The van der Waals surface area contributed by atoms with Crippen LogP contribution in [0.2, 0.25) is 0 Å². The Balaban J connectivity index is 1.47. The van der Waals surface area contributed by atoms with Gasteiger partial charge in [0.1, 0.15) is 6.04 Å². The molecule has 2 aliphatic rings. The molecular formula is C23H35N3O3. The highest BCUT2D eigenvalue weighted by molar-refractivity contribution is 5.97. The molecule has 0 saturated carbocycles. The summed E-state index contributed by atoms with van der Waals surface area (Å²) >= 11 is 0. The first-order valence-electron chi connectivity index (χ1n) is 10.8. The normalized spacial score (nSPS) is 21.8. The Bertz CT molecular complexity index is 697. The zero-order valence-corrected chi connectivity index (χ0v) is 18.2. The van der Waals surface area contributed by atoms with Crippen molar-refractivity contribution in [1.82, 2.24) is 15.1 Å². The number of hydrogen-bond donors (Lipinski definition) is 1. The van der Waals surface area contributed by atoms with E-state index in [4.69, 9.17) is 4.74 Å². The molecule has 0 spiro atoms. The van der Waals surface area contributed by atoms with E-state index in [9.17, 15) is 9.59 Å². The van der Waals surface area contributed by atoms with E-state index in [1.807, 2.05) is 29.2 Å². The predicted octanol–water partition coefficient (Wildman–Crippen LogP) is 2.43. The second kappa shape index (κ2) is 9.26. The van der Waals surface area contributed by atoms with E-state index in [2.05, 4.69) is 31.0 Å². The van der Waals surface area contributed by atoms with Gasteiger partial charge in [-0.25, -0.2) is 0 Å². The van der Waals surface area contributed by atoms with Crippen LogP contribution in [0.5, 0.6) is 0 Å². The van der Waals surface area contributed by atoms with E-state index in [-0.39, 0.29) is 17.2 Å². The van der Waals surface area contributed by atoms with Gasteiger partial charge in [-0.3, -0.25) is 14.5 Å². The molecule has 2 amide bonds. The number of benzene rings is 1. The molecule has 2 atom stereocenters. The summed E-state index contributed by atoms with van der Waals surface area (Å²) in [5.74, 6) is -0.218. The van der Waals surface area contributed by atoms with Gasteiger partial charge in [0.05, 0.1) is 6.10 Å². The predicted molar refractivity (Wildman–Crippen MR) is 114 cm³/mol. The third-order valence-corrected chi connectivity index (χ3v) is 5.90. The summed E-state index contributed by atoms with van der Waals surface area (Å²) in [7, 11) is 0. The largest absolute Gasteiger partial charge is 0.377 e. The fraction of sp³-hybridized carbons (Fsp3) is 0.652. The van der Waals surface area contributed by atoms with Crippen LogP contribution in [0.1, 0.15) is 56.5 Å². The number of carbonyl (C=O) groups is 2. The molecule has 2 heterocycles. The summed E-state index contributed by atoms with van der Waals surface area (Å²) in [5.41, 5.74) is 1.81. The third-order valence-electron chi connectivity index (χ3n) is 5.90. The molecule has 1 aromatic carbocycles. The number of hydrogen-bond acceptors (Lipinski definition) is 4. The number of amides is 2. The molecule has 29 heavy (non-hydrogen) atoms. The van der Waals surface area contributed by atoms with Crippen molar-refractivity contribution in [3.8, 4) is 0 Å². The van der Waals surface area contributed by atoms with Gasteiger partial charge in [0.25, 0.3) is 5.91 Å². The SMILES string of the molecule is CC(NC(=O)c1ccc(C(C)(C)C)cc1)C(=O)N1CCN(CC2CCCO2)CC1. The third kappa shape index (κ3) is 5.80. The lowest BCUT2D eigenvalue weighted by molar-refractivity contribution is -0.134. The molecule has 0 aromatic heterocycles. The van der Waals surface area contributed by atoms with Gasteiger partial charge in [-0.1, -0.05) is 32.9 Å². The lowest BCUT2D eigenvalue weighted by atomic mass is 9.86. The van der Waals surface area contributed by atoms with Crippen molar-refractivity contribution < 1.29 is 14.3 Å². The number of piperazine rings is 1. The Hall–Kier alpha value is -1.92. The van der Waals surface area contributed by atoms with Crippen molar-refractivity contribution in [2.75, 3.05) is 39.3 Å². The fourth-order valence-corrected chi connectivity index (χ4v) is 3.96. The summed E-state index contributed by atoms with van der Waals surface area (Å²) in [6.45, 7) is 13.1. The van der Waals surface area contributed by atoms with Crippen molar-refractivity contribution in [2.45, 2.75) is 58.1 Å². The summed E-state index contributed by atoms with van der Waals surface area (Å²) < 4.78 is 5.71. The van der Waals surface area contributed by atoms with Gasteiger partial charge in [0.15, 0.2) is 0 Å². The monoisotopic (exact) mass is 401 g/mol. The Morgan fingerprint density at radius 2 is 1.79 bits per heavy atom. The summed E-state index contributed by atoms with van der Waals surface area (Å²) in [6.07, 6.45) is 2.64. The van der Waals surface area contributed by atoms with E-state index in [1.54, 1.807) is 6.92 Å². The number of carbonyl (C=O) groups excluding carboxylic acids is 2. The summed E-state index contributed by atoms with van der Waals surface area (Å²) in [6, 6.07) is 7.09. The zero-order chi connectivity index (χ0) is 21.0. The molecule has 6 heteroatoms. The highest BCUT2D eigenvalue weighted by Gasteiger charge is 2.28. The molecule has 1 aromatic rings. The Kier molecular flexibility index (Phi) is 6.96. The first-order chi connectivity index (χ1) is 13.7. The standard InChI is InChI=1S/C23H35N3O3/c1-17(24-21(27)18-7-9-19(10-8-18)23(2,3)4)22(28)26-13-11-25(12-14-26)16-20-6-5-15-29-20/h7-10,17,20H,5-6,11-16H2,1-4H3,(H,24,27). The van der Waals surface area contributed by atoms with E-state index in [0.29, 0.717) is 24.8 Å². The van der Waals surface area contributed by atoms with Crippen LogP contribution in [-0.2, 0) is 14.9 Å². The van der Waals surface area contributed by atoms with Crippen LogP contribution in [0, 0.1) is 0 Å². The van der Waals surface area contributed by atoms with Crippen molar-refractivity contribution in [3.05, 3.63) is 35.4 Å². The van der Waals surface area contributed by atoms with Crippen molar-refractivity contribution >= 4 is 11.8 Å². The van der Waals surface area contributed by atoms with Gasteiger partial charge in [-0.15, -0.1) is 0 Å². The highest BCUT2D eigenvalue weighted by Crippen LogP contribution is 2.22. The maximum Gasteiger partial charge on any atom is 0.251 e. The minimum absolute atomic E-state index is 0.0126. The average Bonchev–Trinajstić information content (AvgIpc) is 3.20. The molecule has 0 bridgehead atoms. The van der Waals surface area contributed by atoms with Crippen molar-refractivity contribution in [1.29, 1.82) is 0 Å². The van der Waals surface area contributed by atoms with Crippen LogP contribution < -0.4 is 5.32 Å². The molecule has 6 nitrogen and oxygen atoms in total. The van der Waals surface area contributed by atoms with Crippen LogP contribution in [0.15, 0.2) is 24.3 Å². The molecule has 1 N–H and O–H groups in total. The molecule has 0 radical (unpaired) electrons. The Morgan fingerprint density at radius 3 is 2.34 bits per heavy atom. The van der Waals surface area contributed by atoms with Gasteiger partial charge < -0.3 is 15.0 Å². The molecule has 2 saturated heterocycles. The molecular weight excluding hydrogens is 366 g/mol. The van der Waals surface area contributed by atoms with Crippen LogP contribution in [0.25, 0.3) is 0 Å². The maximum absolute atomic E-state index is 12.8. The smallest absolute Gasteiger partial charge is 0.251 e. The number of nitrogens with zero attached hydrogens (tertiary/aromatic N) is 2. The summed E-state index contributed by atoms with van der Waals surface area (Å²) in [4.78, 5) is 29.5. The van der Waals surface area contributed by atoms with Gasteiger partial charge in [-0.05, 0) is 42.9 Å². The van der Waals surface area contributed by atoms with E-state index in [0.717, 1.165) is 39.1 Å². The topological polar surface area (TPSA) is 61.9 Å². The van der Waals surface area contributed by atoms with Crippen LogP contribution in [0.3, 0.4) is 0 Å². The minimum atomic E-state index is -0.533. The van der Waals surface area contributed by atoms with Gasteiger partial charge in [-0.2, -0.15) is 0 Å². The number of nitrogens with one attached hydrogen (secondary N) is 1. The molecule has 2 unspecified atom stereocenters. The molecule has 0 aliphatic carbocycles. The van der Waals surface area contributed by atoms with Gasteiger partial charge >= 0.3 is 0 Å². The zero-order valence-electron chi connectivity index (χ0n) is 18.2. The van der Waals surface area contributed by atoms with Crippen LogP contribution in [0.4, 0.5) is 0 Å². The highest BCUT2D eigenvalue weighted by atomic mass is 16.5. The van der Waals surface area contributed by atoms with E-state index >= 15 is 0 Å². The fourth-order valence-electron chi connectivity index (χ4n) is 3.96. The maximum atomic E-state index is 12.8. The van der Waals surface area contributed by atoms with Crippen molar-refractivity contribution in [3.63, 3.8) is 0 Å². The number of rotatable bonds is 5.